The number of carbonyl (C=O) groups excluding carboxylic acids is 1. The number of benzene rings is 1. The van der Waals surface area contributed by atoms with Crippen molar-refractivity contribution in [3.63, 3.8) is 0 Å². The predicted molar refractivity (Wildman–Crippen MR) is 116 cm³/mol. The van der Waals surface area contributed by atoms with E-state index in [1.165, 1.54) is 32.1 Å². The van der Waals surface area contributed by atoms with E-state index < -0.39 is 0 Å². The number of hydrogen-bond donors (Lipinski definition) is 2. The number of anilines is 1. The molecule has 0 bridgehead atoms. The number of hydrogen-bond acceptors (Lipinski definition) is 4. The Morgan fingerprint density at radius 1 is 1.10 bits per heavy atom. The van der Waals surface area contributed by atoms with Gasteiger partial charge in [0.2, 0.25) is 0 Å². The van der Waals surface area contributed by atoms with Crippen molar-refractivity contribution in [2.75, 3.05) is 5.32 Å². The van der Waals surface area contributed by atoms with Gasteiger partial charge in [0.05, 0.1) is 17.2 Å². The van der Waals surface area contributed by atoms with Gasteiger partial charge in [-0.15, -0.1) is 0 Å². The van der Waals surface area contributed by atoms with Crippen molar-refractivity contribution >= 4 is 28.3 Å². The molecule has 0 unspecified atom stereocenters. The Balaban J connectivity index is 1.56. The third kappa shape index (κ3) is 3.47. The molecule has 3 heterocycles. The van der Waals surface area contributed by atoms with Crippen LogP contribution in [0.15, 0.2) is 53.6 Å². The predicted octanol–water partition coefficient (Wildman–Crippen LogP) is 3.95. The Kier molecular flexibility index (Phi) is 4.78. The summed E-state index contributed by atoms with van der Waals surface area (Å²) >= 11 is 0. The van der Waals surface area contributed by atoms with Gasteiger partial charge in [0.25, 0.3) is 11.5 Å². The first kappa shape index (κ1) is 18.5. The lowest BCUT2D eigenvalue weighted by Crippen LogP contribution is -2.16. The number of aromatic nitrogens is 4. The molecular weight excluding hydrogens is 378 g/mol. The molecule has 0 radical (unpaired) electrons. The average molecular weight is 401 g/mol. The highest BCUT2D eigenvalue weighted by Crippen LogP contribution is 2.27. The Hall–Kier alpha value is -3.48. The number of fused-ring (bicyclic) bond motifs is 3. The highest BCUT2D eigenvalue weighted by Gasteiger charge is 2.19. The topological polar surface area (TPSA) is 92.1 Å². The minimum Gasteiger partial charge on any atom is -0.319 e. The van der Waals surface area contributed by atoms with E-state index in [1.54, 1.807) is 36.7 Å². The Bertz CT molecular complexity index is 1270. The van der Waals surface area contributed by atoms with Crippen LogP contribution < -0.4 is 10.9 Å². The smallest absolute Gasteiger partial charge is 0.274 e. The molecule has 1 saturated carbocycles. The van der Waals surface area contributed by atoms with Crippen molar-refractivity contribution in [2.24, 2.45) is 5.92 Å². The van der Waals surface area contributed by atoms with Gasteiger partial charge in [0.1, 0.15) is 17.2 Å². The van der Waals surface area contributed by atoms with Gasteiger partial charge in [-0.05, 0) is 36.2 Å². The van der Waals surface area contributed by atoms with Crippen LogP contribution in [0, 0.1) is 5.92 Å². The maximum atomic E-state index is 12.8. The van der Waals surface area contributed by atoms with Crippen LogP contribution >= 0.6 is 0 Å². The largest absolute Gasteiger partial charge is 0.319 e. The molecule has 4 aromatic rings. The van der Waals surface area contributed by atoms with Crippen LogP contribution in [0.1, 0.15) is 48.3 Å². The maximum absolute atomic E-state index is 12.8. The van der Waals surface area contributed by atoms with Crippen LogP contribution in [-0.4, -0.2) is 25.3 Å². The molecule has 1 aromatic carbocycles. The van der Waals surface area contributed by atoms with Crippen molar-refractivity contribution in [3.05, 3.63) is 70.5 Å². The number of imidazole rings is 1. The van der Waals surface area contributed by atoms with E-state index in [0.717, 1.165) is 17.8 Å². The number of nitrogens with zero attached hydrogens (tertiary/aromatic N) is 3. The van der Waals surface area contributed by atoms with Gasteiger partial charge < -0.3 is 10.3 Å². The van der Waals surface area contributed by atoms with Crippen molar-refractivity contribution in [1.29, 1.82) is 0 Å². The maximum Gasteiger partial charge on any atom is 0.274 e. The van der Waals surface area contributed by atoms with Gasteiger partial charge >= 0.3 is 0 Å². The molecule has 1 aliphatic rings. The SMILES string of the molecule is O=C(Nc1ccccn1)c1ccc2[nH]c(=O)c3cnc(CC4CCCCC4)n3c2c1. The zero-order chi connectivity index (χ0) is 20.5. The molecule has 30 heavy (non-hydrogen) atoms. The summed E-state index contributed by atoms with van der Waals surface area (Å²) in [4.78, 5) is 36.9. The molecule has 152 valence electrons. The fourth-order valence-electron chi connectivity index (χ4n) is 4.39. The van der Waals surface area contributed by atoms with Crippen LogP contribution in [0.5, 0.6) is 0 Å². The zero-order valence-corrected chi connectivity index (χ0v) is 16.6. The van der Waals surface area contributed by atoms with Crippen molar-refractivity contribution in [1.82, 2.24) is 19.4 Å². The lowest BCUT2D eigenvalue weighted by molar-refractivity contribution is 0.102. The number of amides is 1. The summed E-state index contributed by atoms with van der Waals surface area (Å²) in [5.41, 5.74) is 2.30. The molecule has 7 nitrogen and oxygen atoms in total. The van der Waals surface area contributed by atoms with Crippen LogP contribution in [-0.2, 0) is 6.42 Å². The first-order valence-corrected chi connectivity index (χ1v) is 10.4. The van der Waals surface area contributed by atoms with E-state index in [2.05, 4.69) is 20.3 Å². The second kappa shape index (κ2) is 7.74. The molecule has 3 aromatic heterocycles. The standard InChI is InChI=1S/C23H23N5O2/c29-22(27-20-8-4-5-11-24-20)16-9-10-17-18(13-16)28-19(23(30)26-17)14-25-21(28)12-15-6-2-1-3-7-15/h4-5,8-11,13-15H,1-3,6-7,12H2,(H,26,30)(H,24,27,29). The quantitative estimate of drug-likeness (QED) is 0.542. The van der Waals surface area contributed by atoms with Crippen LogP contribution in [0.2, 0.25) is 0 Å². The molecule has 5 rings (SSSR count). The number of nitrogens with one attached hydrogen (secondary N) is 2. The molecule has 0 saturated heterocycles. The molecule has 0 atom stereocenters. The highest BCUT2D eigenvalue weighted by molar-refractivity contribution is 6.05. The minimum atomic E-state index is -0.246. The van der Waals surface area contributed by atoms with E-state index in [9.17, 15) is 9.59 Å². The number of rotatable bonds is 4. The summed E-state index contributed by atoms with van der Waals surface area (Å²) < 4.78 is 1.92. The lowest BCUT2D eigenvalue weighted by Gasteiger charge is -2.21. The van der Waals surface area contributed by atoms with Crippen molar-refractivity contribution < 1.29 is 4.79 Å². The molecule has 7 heteroatoms. The van der Waals surface area contributed by atoms with E-state index >= 15 is 0 Å². The summed E-state index contributed by atoms with van der Waals surface area (Å²) in [5, 5.41) is 2.81. The fourth-order valence-corrected chi connectivity index (χ4v) is 4.39. The second-order valence-electron chi connectivity index (χ2n) is 7.96. The summed E-state index contributed by atoms with van der Waals surface area (Å²) in [6.45, 7) is 0. The van der Waals surface area contributed by atoms with E-state index in [0.29, 0.717) is 28.3 Å². The van der Waals surface area contributed by atoms with Gasteiger partial charge in [-0.2, -0.15) is 0 Å². The monoisotopic (exact) mass is 401 g/mol. The van der Waals surface area contributed by atoms with Crippen LogP contribution in [0.25, 0.3) is 16.6 Å². The fraction of sp³-hybridized carbons (Fsp3) is 0.304. The Morgan fingerprint density at radius 2 is 1.97 bits per heavy atom. The summed E-state index contributed by atoms with van der Waals surface area (Å²) in [6, 6.07) is 10.6. The number of aromatic amines is 1. The first-order chi connectivity index (χ1) is 14.7. The Labute approximate surface area is 173 Å². The van der Waals surface area contributed by atoms with E-state index in [4.69, 9.17) is 0 Å². The molecule has 1 aliphatic carbocycles. The molecule has 0 aliphatic heterocycles. The molecule has 1 fully saturated rings. The lowest BCUT2D eigenvalue weighted by atomic mass is 9.87. The third-order valence-corrected chi connectivity index (χ3v) is 5.92. The van der Waals surface area contributed by atoms with Crippen LogP contribution in [0.4, 0.5) is 5.82 Å². The van der Waals surface area contributed by atoms with Crippen molar-refractivity contribution in [2.45, 2.75) is 38.5 Å². The van der Waals surface area contributed by atoms with Crippen molar-refractivity contribution in [3.8, 4) is 0 Å². The van der Waals surface area contributed by atoms with Gasteiger partial charge in [0, 0.05) is 18.2 Å². The van der Waals surface area contributed by atoms with Gasteiger partial charge in [0.15, 0.2) is 0 Å². The Morgan fingerprint density at radius 3 is 2.77 bits per heavy atom. The van der Waals surface area contributed by atoms with Crippen LogP contribution in [0.3, 0.4) is 0 Å². The first-order valence-electron chi connectivity index (χ1n) is 10.4. The molecule has 0 spiro atoms. The van der Waals surface area contributed by atoms with Gasteiger partial charge in [-0.1, -0.05) is 38.2 Å². The molecular formula is C23H23N5O2. The zero-order valence-electron chi connectivity index (χ0n) is 16.6. The number of carbonyl (C=O) groups is 1. The number of H-pyrrole nitrogens is 1. The molecule has 2 N–H and O–H groups in total. The molecule has 1 amide bonds. The number of pyridine rings is 1. The second-order valence-corrected chi connectivity index (χ2v) is 7.96. The van der Waals surface area contributed by atoms with E-state index in [-0.39, 0.29) is 11.5 Å². The summed E-state index contributed by atoms with van der Waals surface area (Å²) in [7, 11) is 0. The highest BCUT2D eigenvalue weighted by atomic mass is 16.1. The normalized spacial score (nSPS) is 14.9. The average Bonchev–Trinajstić information content (AvgIpc) is 3.19. The van der Waals surface area contributed by atoms with E-state index in [1.807, 2.05) is 16.5 Å². The third-order valence-electron chi connectivity index (χ3n) is 5.92. The minimum absolute atomic E-state index is 0.171. The summed E-state index contributed by atoms with van der Waals surface area (Å²) in [6.07, 6.45) is 10.3. The van der Waals surface area contributed by atoms with Gasteiger partial charge in [-0.3, -0.25) is 14.0 Å². The van der Waals surface area contributed by atoms with Gasteiger partial charge in [-0.25, -0.2) is 9.97 Å². The summed E-state index contributed by atoms with van der Waals surface area (Å²) in [5.74, 6) is 1.73.